The summed E-state index contributed by atoms with van der Waals surface area (Å²) in [5, 5.41) is 0. The van der Waals surface area contributed by atoms with Crippen LogP contribution in [0.25, 0.3) is 0 Å². The average Bonchev–Trinajstić information content (AvgIpc) is 3.11. The lowest BCUT2D eigenvalue weighted by Gasteiger charge is -2.24. The molecule has 0 unspecified atom stereocenters. The van der Waals surface area contributed by atoms with Crippen molar-refractivity contribution in [2.24, 2.45) is 0 Å². The molecule has 0 aliphatic heterocycles. The van der Waals surface area contributed by atoms with E-state index in [9.17, 15) is 0 Å². The van der Waals surface area contributed by atoms with Crippen LogP contribution < -0.4 is 0 Å². The molecule has 0 aliphatic carbocycles. The van der Waals surface area contributed by atoms with Gasteiger partial charge in [-0.3, -0.25) is 0 Å². The Bertz CT molecular complexity index is 2080. The number of rotatable bonds is 8. The molecule has 0 rings (SSSR count). The van der Waals surface area contributed by atoms with Crippen molar-refractivity contribution in [2.45, 2.75) is 196 Å². The second-order valence-electron chi connectivity index (χ2n) is 29.6. The molecule has 0 aliphatic rings. The molecule has 0 spiro atoms. The molecular formula is C56H98Si14. The largest absolute Gasteiger partial charge is 0.311 e. The Balaban J connectivity index is 10.5. The minimum absolute atomic E-state index is 1.77. The van der Waals surface area contributed by atoms with Crippen molar-refractivity contribution in [3.05, 3.63) is 45.6 Å². The van der Waals surface area contributed by atoms with E-state index in [2.05, 4.69) is 342 Å². The highest BCUT2D eigenvalue weighted by atomic mass is 28.4. The fourth-order valence-corrected chi connectivity index (χ4v) is 37.0. The van der Waals surface area contributed by atoms with Crippen LogP contribution >= 0.6 is 0 Å². The van der Waals surface area contributed by atoms with E-state index in [4.69, 9.17) is 0 Å². The van der Waals surface area contributed by atoms with Crippen LogP contribution in [0.3, 0.4) is 0 Å². The molecule has 0 saturated carbocycles. The summed E-state index contributed by atoms with van der Waals surface area (Å²) in [7, 11) is -30.2. The fraction of sp³-hybridized carbons (Fsp3) is 0.536. The summed E-state index contributed by atoms with van der Waals surface area (Å²) in [4.78, 5) is 0. The highest BCUT2D eigenvalue weighted by Gasteiger charge is 2.36. The molecule has 378 valence electrons. The molecule has 0 heterocycles. The first-order valence-corrected chi connectivity index (χ1v) is 69.0. The molecule has 0 bridgehead atoms. The van der Waals surface area contributed by atoms with Crippen LogP contribution in [0.15, 0.2) is 45.6 Å². The van der Waals surface area contributed by atoms with E-state index in [0.29, 0.717) is 0 Å². The van der Waals surface area contributed by atoms with Gasteiger partial charge in [-0.05, 0) is 0 Å². The van der Waals surface area contributed by atoms with E-state index in [0.717, 1.165) is 0 Å². The summed E-state index contributed by atoms with van der Waals surface area (Å²) < 4.78 is 0. The minimum atomic E-state index is -3.03. The topological polar surface area (TPSA) is 0 Å². The second kappa shape index (κ2) is 25.0. The van der Waals surface area contributed by atoms with Gasteiger partial charge in [0.1, 0.15) is 80.7 Å². The Morgan fingerprint density at radius 2 is 0.286 bits per heavy atom. The zero-order valence-corrected chi connectivity index (χ0v) is 64.6. The van der Waals surface area contributed by atoms with Gasteiger partial charge >= 0.3 is 24.2 Å². The highest BCUT2D eigenvalue weighted by Crippen LogP contribution is 2.22. The van der Waals surface area contributed by atoms with Crippen LogP contribution in [-0.2, 0) is 0 Å². The summed E-state index contributed by atoms with van der Waals surface area (Å²) in [6, 6.07) is 0. The van der Waals surface area contributed by atoms with Gasteiger partial charge in [-0.15, -0.1) is 105 Å². The first-order chi connectivity index (χ1) is 30.7. The molecule has 0 amide bonds. The van der Waals surface area contributed by atoms with Gasteiger partial charge in [0.2, 0.25) is 0 Å². The third-order valence-corrected chi connectivity index (χ3v) is 30.7. The summed E-state index contributed by atoms with van der Waals surface area (Å²) in [6.45, 7) is 70.5. The maximum absolute atomic E-state index is 3.96. The van der Waals surface area contributed by atoms with E-state index in [1.165, 1.54) is 0 Å². The van der Waals surface area contributed by atoms with Crippen molar-refractivity contribution < 1.29 is 0 Å². The molecule has 0 nitrogen and oxygen atoms in total. The molecule has 0 fully saturated rings. The van der Waals surface area contributed by atoms with Crippen LogP contribution in [-0.4, -0.2) is 113 Å². The van der Waals surface area contributed by atoms with Gasteiger partial charge in [0.25, 0.3) is 0 Å². The predicted octanol–water partition coefficient (Wildman–Crippen LogP) is 14.4. The Kier molecular flexibility index (Phi) is 24.3. The van der Waals surface area contributed by atoms with Crippen molar-refractivity contribution in [1.29, 1.82) is 0 Å². The Morgan fingerprint density at radius 1 is 0.157 bits per heavy atom. The van der Waals surface area contributed by atoms with Crippen molar-refractivity contribution in [2.75, 3.05) is 0 Å². The minimum Gasteiger partial charge on any atom is -0.136 e. The standard InChI is InChI=1S/C56H98Si14/c1-57(2,3)31-41-67(42-32-58(4,5)6,43-33-59(7,8)9)51-54-70(50-40-66(28,29)30,55-52-68(44-34-60(10,11)12,45-35-61(13,14)15)46-36-62(16,17)18)56-53-69(47-37-63(19,20)21,48-38-64(22,23)24)49-39-65(25,26)27/h40,50-56H,1-30H3. The van der Waals surface area contributed by atoms with Crippen molar-refractivity contribution in [1.82, 2.24) is 0 Å². The third kappa shape index (κ3) is 35.2. The summed E-state index contributed by atoms with van der Waals surface area (Å²) in [5.74, 6) is 0. The molecule has 0 radical (unpaired) electrons. The highest BCUT2D eigenvalue weighted by molar-refractivity contribution is 7.12. The zero-order valence-electron chi connectivity index (χ0n) is 50.6. The van der Waals surface area contributed by atoms with E-state index in [1.54, 1.807) is 0 Å². The lowest BCUT2D eigenvalue weighted by atomic mass is 11.1. The summed E-state index contributed by atoms with van der Waals surface area (Å²) in [5.41, 5.74) is 90.5. The predicted molar refractivity (Wildman–Crippen MR) is 363 cm³/mol. The molecule has 0 aromatic rings. The van der Waals surface area contributed by atoms with Gasteiger partial charge in [-0.25, -0.2) is 0 Å². The molecule has 70 heavy (non-hydrogen) atoms. The van der Waals surface area contributed by atoms with Gasteiger partial charge in [0.15, 0.2) is 0 Å². The fourth-order valence-electron chi connectivity index (χ4n) is 4.77. The normalized spacial score (nSPS) is 14.4. The monoisotopic (exact) mass is 1160 g/mol. The van der Waals surface area contributed by atoms with Crippen molar-refractivity contribution >= 4 is 113 Å². The summed E-state index contributed by atoms with van der Waals surface area (Å²) in [6.07, 6.45) is 0. The van der Waals surface area contributed by atoms with Crippen LogP contribution in [0.2, 0.25) is 196 Å². The molecular weight excluding hydrogens is 1070 g/mol. The first kappa shape index (κ1) is 68.0. The SMILES string of the molecule is C[Si](C)(C)C#C[Si](C#C[Si](C)(C)C)(C#C[Si](C)(C)C)C=C[Si](C=C[Si](C)(C)C)(C=C[Si](C#C[Si](C)(C)C)(C#C[Si](C)(C)C)C#C[Si](C)(C)C)C=C[Si](C#C[Si](C)(C)C)(C#C[Si](C)(C)C)C#C[Si](C)(C)C. The van der Waals surface area contributed by atoms with Gasteiger partial charge in [0.05, 0.1) is 8.07 Å². The second-order valence-corrected chi connectivity index (χ2v) is 88.9. The Hall–Kier alpha value is -1.96. The third-order valence-electron chi connectivity index (χ3n) is 8.45. The molecule has 0 atom stereocenters. The lowest BCUT2D eigenvalue weighted by molar-refractivity contribution is 1.77. The number of hydrogen-bond acceptors (Lipinski definition) is 0. The quantitative estimate of drug-likeness (QED) is 0.168. The lowest BCUT2D eigenvalue weighted by Crippen LogP contribution is -2.38. The van der Waals surface area contributed by atoms with E-state index < -0.39 is 113 Å². The maximum Gasteiger partial charge on any atom is 0.311 e. The van der Waals surface area contributed by atoms with E-state index in [1.807, 2.05) is 0 Å². The van der Waals surface area contributed by atoms with Gasteiger partial charge in [-0.1, -0.05) is 236 Å². The molecule has 14 heteroatoms. The van der Waals surface area contributed by atoms with Crippen LogP contribution in [0.1, 0.15) is 0 Å². The molecule has 0 saturated heterocycles. The van der Waals surface area contributed by atoms with Gasteiger partial charge in [0, 0.05) is 0 Å². The zero-order chi connectivity index (χ0) is 55.4. The summed E-state index contributed by atoms with van der Waals surface area (Å²) >= 11 is 0. The maximum atomic E-state index is 3.96. The van der Waals surface area contributed by atoms with Gasteiger partial charge in [-0.2, -0.15) is 0 Å². The number of hydrogen-bond donors (Lipinski definition) is 0. The van der Waals surface area contributed by atoms with E-state index >= 15 is 0 Å². The molecule has 0 N–H and O–H groups in total. The van der Waals surface area contributed by atoms with E-state index in [-0.39, 0.29) is 0 Å². The molecule has 0 aromatic carbocycles. The average molecular weight is 1160 g/mol. The van der Waals surface area contributed by atoms with Crippen LogP contribution in [0.5, 0.6) is 0 Å². The van der Waals surface area contributed by atoms with Crippen LogP contribution in [0.4, 0.5) is 0 Å². The van der Waals surface area contributed by atoms with Crippen molar-refractivity contribution in [3.8, 4) is 99.8 Å². The van der Waals surface area contributed by atoms with Crippen molar-refractivity contribution in [3.63, 3.8) is 0 Å². The van der Waals surface area contributed by atoms with Crippen LogP contribution in [0, 0.1) is 99.8 Å². The Labute approximate surface area is 450 Å². The smallest absolute Gasteiger partial charge is 0.136 e. The van der Waals surface area contributed by atoms with Gasteiger partial charge < -0.3 is 0 Å². The molecule has 0 aromatic heterocycles. The Morgan fingerprint density at radius 3 is 0.400 bits per heavy atom. The first-order valence-electron chi connectivity index (χ1n) is 25.4.